The van der Waals surface area contributed by atoms with E-state index >= 15 is 0 Å². The Bertz CT molecular complexity index is 476. The molecule has 118 valence electrons. The maximum absolute atomic E-state index is 3.83. The molecule has 2 aromatic carbocycles. The minimum absolute atomic E-state index is 0. The summed E-state index contributed by atoms with van der Waals surface area (Å²) in [6.45, 7) is 0. The molecule has 0 saturated carbocycles. The van der Waals surface area contributed by atoms with Gasteiger partial charge in [-0.25, -0.2) is 0 Å². The van der Waals surface area contributed by atoms with Crippen LogP contribution in [0.15, 0.2) is 60.7 Å². The van der Waals surface area contributed by atoms with Crippen molar-refractivity contribution in [1.29, 1.82) is 0 Å². The number of benzene rings is 2. The summed E-state index contributed by atoms with van der Waals surface area (Å²) < 4.78 is 0. The van der Waals surface area contributed by atoms with Gasteiger partial charge < -0.3 is 17.7 Å². The van der Waals surface area contributed by atoms with Gasteiger partial charge in [0.1, 0.15) is 0 Å². The lowest BCUT2D eigenvalue weighted by Gasteiger charge is -2.14. The third kappa shape index (κ3) is 5.15. The van der Waals surface area contributed by atoms with Gasteiger partial charge in [-0.15, -0.1) is 0 Å². The van der Waals surface area contributed by atoms with Crippen molar-refractivity contribution in [2.75, 3.05) is 0 Å². The molecule has 0 radical (unpaired) electrons. The zero-order chi connectivity index (χ0) is 14.3. The summed E-state index contributed by atoms with van der Waals surface area (Å²) in [6.07, 6.45) is 7.62. The normalized spacial score (nSPS) is 20.5. The fourth-order valence-electron chi connectivity index (χ4n) is 3.33. The molecule has 2 aromatic rings. The van der Waals surface area contributed by atoms with Crippen LogP contribution in [0.4, 0.5) is 0 Å². The molecular weight excluding hydrogens is 290 g/mol. The highest BCUT2D eigenvalue weighted by Gasteiger charge is 2.22. The minimum Gasteiger partial charge on any atom is -1.00 e. The zero-order valence-electron chi connectivity index (χ0n) is 13.0. The Morgan fingerprint density at radius 1 is 0.682 bits per heavy atom. The third-order valence-electron chi connectivity index (χ3n) is 4.58. The van der Waals surface area contributed by atoms with Crippen molar-refractivity contribution in [3.63, 3.8) is 0 Å². The fourth-order valence-corrected chi connectivity index (χ4v) is 3.33. The van der Waals surface area contributed by atoms with Gasteiger partial charge in [0, 0.05) is 12.1 Å². The summed E-state index contributed by atoms with van der Waals surface area (Å²) in [6, 6.07) is 23.1. The molecule has 1 N–H and O–H groups in total. The molecule has 3 rings (SSSR count). The maximum atomic E-state index is 3.83. The number of hydrogen-bond donors (Lipinski definition) is 1. The first-order valence-corrected chi connectivity index (χ1v) is 8.24. The second-order valence-electron chi connectivity index (χ2n) is 6.19. The molecule has 0 aliphatic carbocycles. The maximum Gasteiger partial charge on any atom is 0.00734 e. The van der Waals surface area contributed by atoms with Crippen LogP contribution in [-0.2, 0) is 12.8 Å². The standard InChI is InChI=1S/C20H25N.ClH/c1-3-7-17(8-4-1)11-13-19-15-16-20(21-19)14-12-18-9-5-2-6-10-18;/h1-10,19-21H,11-16H2;1H/p-1/t19-,20-;/m1./s1. The molecule has 2 atom stereocenters. The van der Waals surface area contributed by atoms with E-state index in [0.29, 0.717) is 12.1 Å². The van der Waals surface area contributed by atoms with E-state index in [1.165, 1.54) is 49.7 Å². The van der Waals surface area contributed by atoms with Crippen molar-refractivity contribution in [3.05, 3.63) is 71.8 Å². The molecule has 0 spiro atoms. The molecule has 22 heavy (non-hydrogen) atoms. The quantitative estimate of drug-likeness (QED) is 0.849. The van der Waals surface area contributed by atoms with E-state index in [1.54, 1.807) is 0 Å². The second kappa shape index (κ2) is 8.97. The average Bonchev–Trinajstić information content (AvgIpc) is 3.01. The topological polar surface area (TPSA) is 12.0 Å². The molecule has 1 fully saturated rings. The lowest BCUT2D eigenvalue weighted by atomic mass is 10.0. The number of aryl methyl sites for hydroxylation is 2. The Morgan fingerprint density at radius 3 is 1.50 bits per heavy atom. The van der Waals surface area contributed by atoms with Crippen LogP contribution < -0.4 is 17.7 Å². The molecule has 1 heterocycles. The van der Waals surface area contributed by atoms with E-state index in [0.717, 1.165) is 0 Å². The van der Waals surface area contributed by atoms with E-state index in [-0.39, 0.29) is 12.4 Å². The van der Waals surface area contributed by atoms with Gasteiger partial charge in [0.2, 0.25) is 0 Å². The Labute approximate surface area is 140 Å². The molecule has 1 aliphatic rings. The highest BCUT2D eigenvalue weighted by Crippen LogP contribution is 2.20. The van der Waals surface area contributed by atoms with Gasteiger partial charge in [-0.3, -0.25) is 0 Å². The molecule has 0 aromatic heterocycles. The largest absolute Gasteiger partial charge is 1.00 e. The fraction of sp³-hybridized carbons (Fsp3) is 0.400. The first-order chi connectivity index (χ1) is 10.4. The highest BCUT2D eigenvalue weighted by atomic mass is 35.5. The predicted molar refractivity (Wildman–Crippen MR) is 89.5 cm³/mol. The Morgan fingerprint density at radius 2 is 1.09 bits per heavy atom. The minimum atomic E-state index is 0. The lowest BCUT2D eigenvalue weighted by molar-refractivity contribution is -0.00000441. The van der Waals surface area contributed by atoms with Crippen LogP contribution in [-0.4, -0.2) is 12.1 Å². The Hall–Kier alpha value is -1.31. The van der Waals surface area contributed by atoms with Crippen LogP contribution in [0, 0.1) is 0 Å². The third-order valence-corrected chi connectivity index (χ3v) is 4.58. The Balaban J connectivity index is 0.00000176. The smallest absolute Gasteiger partial charge is 0.00734 e. The summed E-state index contributed by atoms with van der Waals surface area (Å²) in [5, 5.41) is 3.83. The van der Waals surface area contributed by atoms with Gasteiger partial charge in [-0.05, 0) is 49.7 Å². The van der Waals surface area contributed by atoms with Crippen LogP contribution in [0.5, 0.6) is 0 Å². The van der Waals surface area contributed by atoms with Gasteiger partial charge >= 0.3 is 0 Å². The van der Waals surface area contributed by atoms with E-state index in [9.17, 15) is 0 Å². The van der Waals surface area contributed by atoms with Crippen molar-refractivity contribution in [1.82, 2.24) is 5.32 Å². The highest BCUT2D eigenvalue weighted by molar-refractivity contribution is 5.16. The molecular formula is C20H25ClN-. The summed E-state index contributed by atoms with van der Waals surface area (Å²) >= 11 is 0. The summed E-state index contributed by atoms with van der Waals surface area (Å²) in [4.78, 5) is 0. The Kier molecular flexibility index (Phi) is 6.95. The van der Waals surface area contributed by atoms with Gasteiger partial charge in [-0.1, -0.05) is 60.7 Å². The van der Waals surface area contributed by atoms with Gasteiger partial charge in [0.05, 0.1) is 0 Å². The molecule has 2 heteroatoms. The van der Waals surface area contributed by atoms with E-state index in [4.69, 9.17) is 0 Å². The zero-order valence-corrected chi connectivity index (χ0v) is 13.8. The van der Waals surface area contributed by atoms with Gasteiger partial charge in [0.15, 0.2) is 0 Å². The molecule has 0 bridgehead atoms. The molecule has 0 unspecified atom stereocenters. The van der Waals surface area contributed by atoms with Crippen molar-refractivity contribution < 1.29 is 12.4 Å². The van der Waals surface area contributed by atoms with Crippen LogP contribution in [0.25, 0.3) is 0 Å². The average molecular weight is 315 g/mol. The lowest BCUT2D eigenvalue weighted by Crippen LogP contribution is -3.00. The number of halogens is 1. The predicted octanol–water partition coefficient (Wildman–Crippen LogP) is 1.38. The van der Waals surface area contributed by atoms with Crippen molar-refractivity contribution in [3.8, 4) is 0 Å². The first-order valence-electron chi connectivity index (χ1n) is 8.24. The SMILES string of the molecule is [Cl-].c1ccc(CC[C@@H]2CC[C@@H](CCc3ccccc3)N2)cc1. The van der Waals surface area contributed by atoms with Crippen molar-refractivity contribution >= 4 is 0 Å². The second-order valence-corrected chi connectivity index (χ2v) is 6.19. The van der Waals surface area contributed by atoms with Crippen LogP contribution in [0.3, 0.4) is 0 Å². The molecule has 1 aliphatic heterocycles. The van der Waals surface area contributed by atoms with E-state index in [1.807, 2.05) is 0 Å². The van der Waals surface area contributed by atoms with E-state index < -0.39 is 0 Å². The summed E-state index contributed by atoms with van der Waals surface area (Å²) in [5.41, 5.74) is 2.93. The monoisotopic (exact) mass is 314 g/mol. The first kappa shape index (κ1) is 17.1. The molecule has 1 saturated heterocycles. The molecule has 1 nitrogen and oxygen atoms in total. The van der Waals surface area contributed by atoms with Crippen LogP contribution >= 0.6 is 0 Å². The molecule has 0 amide bonds. The van der Waals surface area contributed by atoms with Gasteiger partial charge in [0.25, 0.3) is 0 Å². The summed E-state index contributed by atoms with van der Waals surface area (Å²) in [5.74, 6) is 0. The van der Waals surface area contributed by atoms with Gasteiger partial charge in [-0.2, -0.15) is 0 Å². The van der Waals surface area contributed by atoms with Crippen LogP contribution in [0.1, 0.15) is 36.8 Å². The van der Waals surface area contributed by atoms with Crippen molar-refractivity contribution in [2.24, 2.45) is 0 Å². The van der Waals surface area contributed by atoms with Crippen molar-refractivity contribution in [2.45, 2.75) is 50.6 Å². The number of nitrogens with one attached hydrogen (secondary N) is 1. The van der Waals surface area contributed by atoms with Crippen LogP contribution in [0.2, 0.25) is 0 Å². The number of hydrogen-bond acceptors (Lipinski definition) is 1. The van der Waals surface area contributed by atoms with E-state index in [2.05, 4.69) is 66.0 Å². The summed E-state index contributed by atoms with van der Waals surface area (Å²) in [7, 11) is 0. The number of rotatable bonds is 6.